The molecule has 1 unspecified atom stereocenters. The first-order valence-corrected chi connectivity index (χ1v) is 14.3. The lowest BCUT2D eigenvalue weighted by Crippen LogP contribution is -2.43. The molecule has 3 aromatic carbocycles. The third kappa shape index (κ3) is 5.97. The lowest BCUT2D eigenvalue weighted by molar-refractivity contribution is -0.123. The van der Waals surface area contributed by atoms with Gasteiger partial charge in [0.25, 0.3) is 0 Å². The van der Waals surface area contributed by atoms with E-state index >= 15 is 4.39 Å². The van der Waals surface area contributed by atoms with Gasteiger partial charge in [0, 0.05) is 29.3 Å². The van der Waals surface area contributed by atoms with Gasteiger partial charge in [-0.1, -0.05) is 50.2 Å². The van der Waals surface area contributed by atoms with Crippen LogP contribution >= 0.6 is 11.8 Å². The van der Waals surface area contributed by atoms with Gasteiger partial charge in [-0.3, -0.25) is 14.5 Å². The number of hydrogen-bond donors (Lipinski definition) is 1. The highest BCUT2D eigenvalue weighted by molar-refractivity contribution is 8.00. The van der Waals surface area contributed by atoms with E-state index in [0.29, 0.717) is 35.1 Å². The zero-order chi connectivity index (χ0) is 29.1. The Morgan fingerprint density at radius 1 is 1.10 bits per heavy atom. The molecule has 0 saturated carbocycles. The molecular weight excluding hydrogens is 546 g/mol. The van der Waals surface area contributed by atoms with Crippen molar-refractivity contribution in [3.63, 3.8) is 0 Å². The second-order valence-corrected chi connectivity index (χ2v) is 11.2. The quantitative estimate of drug-likeness (QED) is 0.288. The number of rotatable bonds is 8. The van der Waals surface area contributed by atoms with E-state index in [9.17, 15) is 14.0 Å². The second kappa shape index (κ2) is 12.1. The fraction of sp³-hybridized carbons (Fsp3) is 0.258. The van der Waals surface area contributed by atoms with E-state index in [1.54, 1.807) is 36.1 Å². The summed E-state index contributed by atoms with van der Waals surface area (Å²) in [6.45, 7) is 4.18. The molecule has 1 aromatic heterocycles. The molecule has 1 atom stereocenters. The fourth-order valence-electron chi connectivity index (χ4n) is 4.71. The van der Waals surface area contributed by atoms with Crippen molar-refractivity contribution in [2.75, 3.05) is 30.9 Å². The Bertz CT molecular complexity index is 1560. The summed E-state index contributed by atoms with van der Waals surface area (Å²) in [7, 11) is 1.57. The minimum absolute atomic E-state index is 0.0233. The largest absolute Gasteiger partial charge is 0.497 e. The first kappa shape index (κ1) is 28.4. The molecular formula is C31H30F2N4O3S. The van der Waals surface area contributed by atoms with Gasteiger partial charge in [0.1, 0.15) is 29.7 Å². The summed E-state index contributed by atoms with van der Waals surface area (Å²) in [5.74, 6) is -0.860. The van der Waals surface area contributed by atoms with Crippen LogP contribution in [-0.2, 0) is 9.59 Å². The molecule has 0 bridgehead atoms. The standard InChI is InChI=1S/C31H30F2N4O3S/c1-19(2)16-34-26(38)17-36-27(39)18-41-30(24-14-9-21(32)15-25(24)33)28-29(20-7-5-4-6-8-20)35-37(31(28)36)22-10-12-23(40-3)13-11-22/h4-15,19,30H,16-18H2,1-3H3,(H,34,38). The molecule has 0 saturated heterocycles. The van der Waals surface area contributed by atoms with E-state index in [-0.39, 0.29) is 35.6 Å². The van der Waals surface area contributed by atoms with E-state index in [2.05, 4.69) is 5.32 Å². The average Bonchev–Trinajstić information content (AvgIpc) is 3.30. The minimum atomic E-state index is -0.722. The van der Waals surface area contributed by atoms with Crippen LogP contribution in [0.25, 0.3) is 16.9 Å². The van der Waals surface area contributed by atoms with E-state index < -0.39 is 16.9 Å². The number of carbonyl (C=O) groups is 2. The van der Waals surface area contributed by atoms with Crippen LogP contribution in [0, 0.1) is 17.6 Å². The smallest absolute Gasteiger partial charge is 0.240 e. The molecule has 0 aliphatic carbocycles. The van der Waals surface area contributed by atoms with Crippen LogP contribution in [0.5, 0.6) is 5.75 Å². The van der Waals surface area contributed by atoms with E-state index in [1.165, 1.54) is 28.8 Å². The van der Waals surface area contributed by atoms with Crippen LogP contribution in [-0.4, -0.2) is 47.5 Å². The number of fused-ring (bicyclic) bond motifs is 1. The van der Waals surface area contributed by atoms with Crippen LogP contribution in [0.15, 0.2) is 72.8 Å². The summed E-state index contributed by atoms with van der Waals surface area (Å²) in [5.41, 5.74) is 2.69. The Hall–Kier alpha value is -4.18. The molecule has 5 rings (SSSR count). The summed E-state index contributed by atoms with van der Waals surface area (Å²) in [5, 5.41) is 7.14. The van der Waals surface area contributed by atoms with Gasteiger partial charge in [-0.25, -0.2) is 13.5 Å². The topological polar surface area (TPSA) is 76.5 Å². The maximum atomic E-state index is 15.3. The Kier molecular flexibility index (Phi) is 8.39. The van der Waals surface area contributed by atoms with Crippen LogP contribution < -0.4 is 15.0 Å². The van der Waals surface area contributed by atoms with Gasteiger partial charge in [-0.05, 0) is 36.2 Å². The SMILES string of the molecule is COc1ccc(-n2nc(-c3ccccc3)c3c2N(CC(=O)NCC(C)C)C(=O)CSC3c2ccc(F)cc2F)cc1. The summed E-state index contributed by atoms with van der Waals surface area (Å²) < 4.78 is 36.2. The van der Waals surface area contributed by atoms with Gasteiger partial charge in [0.05, 0.1) is 29.5 Å². The number of benzene rings is 3. The number of carbonyl (C=O) groups excluding carboxylic acids is 2. The number of anilines is 1. The molecule has 0 fully saturated rings. The predicted octanol–water partition coefficient (Wildman–Crippen LogP) is 5.77. The second-order valence-electron chi connectivity index (χ2n) is 10.1. The van der Waals surface area contributed by atoms with Gasteiger partial charge in [0.2, 0.25) is 11.8 Å². The van der Waals surface area contributed by atoms with Crippen LogP contribution in [0.1, 0.15) is 30.2 Å². The number of halogens is 2. The molecule has 2 heterocycles. The highest BCUT2D eigenvalue weighted by atomic mass is 32.2. The molecule has 1 N–H and O–H groups in total. The van der Waals surface area contributed by atoms with Crippen molar-refractivity contribution in [3.05, 3.63) is 95.6 Å². The van der Waals surface area contributed by atoms with Gasteiger partial charge < -0.3 is 10.1 Å². The first-order chi connectivity index (χ1) is 19.8. The molecule has 0 radical (unpaired) electrons. The molecule has 41 heavy (non-hydrogen) atoms. The Morgan fingerprint density at radius 3 is 2.49 bits per heavy atom. The van der Waals surface area contributed by atoms with Crippen molar-refractivity contribution in [1.29, 1.82) is 0 Å². The number of methoxy groups -OCH3 is 1. The van der Waals surface area contributed by atoms with E-state index in [0.717, 1.165) is 11.6 Å². The molecule has 4 aromatic rings. The van der Waals surface area contributed by atoms with Crippen molar-refractivity contribution in [3.8, 4) is 22.7 Å². The molecule has 7 nitrogen and oxygen atoms in total. The molecule has 1 aliphatic rings. The van der Waals surface area contributed by atoms with Crippen molar-refractivity contribution in [1.82, 2.24) is 15.1 Å². The van der Waals surface area contributed by atoms with Crippen LogP contribution in [0.3, 0.4) is 0 Å². The third-order valence-electron chi connectivity index (χ3n) is 6.71. The van der Waals surface area contributed by atoms with E-state index in [4.69, 9.17) is 9.84 Å². The lowest BCUT2D eigenvalue weighted by Gasteiger charge is -2.23. The van der Waals surface area contributed by atoms with Crippen LogP contribution in [0.4, 0.5) is 14.6 Å². The molecule has 0 spiro atoms. The molecule has 212 valence electrons. The molecule has 2 amide bonds. The normalized spacial score (nSPS) is 15.0. The first-order valence-electron chi connectivity index (χ1n) is 13.2. The van der Waals surface area contributed by atoms with Crippen molar-refractivity contribution in [2.24, 2.45) is 5.92 Å². The third-order valence-corrected chi connectivity index (χ3v) is 7.94. The van der Waals surface area contributed by atoms with Gasteiger partial charge in [-0.2, -0.15) is 5.10 Å². The number of aromatic nitrogens is 2. The number of nitrogens with one attached hydrogen (secondary N) is 1. The minimum Gasteiger partial charge on any atom is -0.497 e. The van der Waals surface area contributed by atoms with Crippen LogP contribution in [0.2, 0.25) is 0 Å². The average molecular weight is 577 g/mol. The zero-order valence-electron chi connectivity index (χ0n) is 22.9. The summed E-state index contributed by atoms with van der Waals surface area (Å²) >= 11 is 1.22. The summed E-state index contributed by atoms with van der Waals surface area (Å²) in [6.07, 6.45) is 0. The summed E-state index contributed by atoms with van der Waals surface area (Å²) in [4.78, 5) is 28.2. The van der Waals surface area contributed by atoms with Gasteiger partial charge >= 0.3 is 0 Å². The number of hydrogen-bond acceptors (Lipinski definition) is 5. The van der Waals surface area contributed by atoms with E-state index in [1.807, 2.05) is 44.2 Å². The maximum Gasteiger partial charge on any atom is 0.240 e. The highest BCUT2D eigenvalue weighted by Gasteiger charge is 2.38. The number of ether oxygens (including phenoxy) is 1. The predicted molar refractivity (Wildman–Crippen MR) is 156 cm³/mol. The Balaban J connectivity index is 1.77. The Morgan fingerprint density at radius 2 is 1.83 bits per heavy atom. The Labute approximate surface area is 241 Å². The monoisotopic (exact) mass is 576 g/mol. The molecule has 1 aliphatic heterocycles. The number of nitrogens with zero attached hydrogens (tertiary/aromatic N) is 3. The summed E-state index contributed by atoms with van der Waals surface area (Å²) in [6, 6.07) is 20.0. The highest BCUT2D eigenvalue weighted by Crippen LogP contribution is 2.49. The van der Waals surface area contributed by atoms with Gasteiger partial charge in [0.15, 0.2) is 0 Å². The zero-order valence-corrected chi connectivity index (χ0v) is 23.8. The fourth-order valence-corrected chi connectivity index (χ4v) is 5.93. The number of thioether (sulfide) groups is 1. The molecule has 10 heteroatoms. The van der Waals surface area contributed by atoms with Crippen molar-refractivity contribution >= 4 is 29.4 Å². The maximum absolute atomic E-state index is 15.3. The lowest BCUT2D eigenvalue weighted by atomic mass is 9.99. The van der Waals surface area contributed by atoms with Gasteiger partial charge in [-0.15, -0.1) is 11.8 Å². The number of amides is 2. The van der Waals surface area contributed by atoms with Crippen molar-refractivity contribution in [2.45, 2.75) is 19.1 Å². The van der Waals surface area contributed by atoms with Crippen molar-refractivity contribution < 1.29 is 23.1 Å².